The van der Waals surface area contributed by atoms with Crippen molar-refractivity contribution in [1.29, 1.82) is 0 Å². The lowest BCUT2D eigenvalue weighted by atomic mass is 10.3. The van der Waals surface area contributed by atoms with Gasteiger partial charge in [-0.05, 0) is 18.3 Å². The van der Waals surface area contributed by atoms with Crippen LogP contribution in [0.25, 0.3) is 0 Å². The lowest BCUT2D eigenvalue weighted by Gasteiger charge is -2.16. The second-order valence-corrected chi connectivity index (χ2v) is 4.37. The molecule has 1 heterocycles. The van der Waals surface area contributed by atoms with Crippen LogP contribution < -0.4 is 5.32 Å². The van der Waals surface area contributed by atoms with Crippen molar-refractivity contribution in [2.24, 2.45) is 0 Å². The molecule has 1 N–H and O–H groups in total. The third-order valence-corrected chi connectivity index (χ3v) is 2.70. The smallest absolute Gasteiger partial charge is 0.345 e. The van der Waals surface area contributed by atoms with Crippen molar-refractivity contribution in [2.45, 2.75) is 13.0 Å². The summed E-state index contributed by atoms with van der Waals surface area (Å²) in [5.41, 5.74) is 0. The molecule has 1 amide bonds. The lowest BCUT2D eigenvalue weighted by Crippen LogP contribution is -2.36. The van der Waals surface area contributed by atoms with Crippen LogP contribution >= 0.6 is 11.3 Å². The summed E-state index contributed by atoms with van der Waals surface area (Å²) in [7, 11) is 3.29. The zero-order valence-corrected chi connectivity index (χ0v) is 9.95. The highest BCUT2D eigenvalue weighted by Crippen LogP contribution is 2.25. The van der Waals surface area contributed by atoms with Crippen LogP contribution in [0.1, 0.15) is 6.92 Å². The van der Waals surface area contributed by atoms with Gasteiger partial charge in [0.2, 0.25) is 5.91 Å². The Hall–Kier alpha value is -1.70. The summed E-state index contributed by atoms with van der Waals surface area (Å²) in [6.45, 7) is 1.68. The number of likely N-dealkylation sites (N-methyl/N-ethyl adjacent to an activating group) is 1. The summed E-state index contributed by atoms with van der Waals surface area (Å²) in [6, 6.07) is -0.458. The Kier molecular flexibility index (Phi) is 3.78. The maximum absolute atomic E-state index is 11.5. The summed E-state index contributed by atoms with van der Waals surface area (Å²) in [5, 5.41) is 13.5. The molecule has 0 aliphatic carbocycles. The zero-order valence-electron chi connectivity index (χ0n) is 9.13. The van der Waals surface area contributed by atoms with Crippen LogP contribution in [-0.2, 0) is 4.79 Å². The van der Waals surface area contributed by atoms with Gasteiger partial charge >= 0.3 is 5.00 Å². The number of amides is 1. The SMILES string of the molecule is CC(Nc1ncc([N+](=O)[O-])s1)C(=O)N(C)C. The highest BCUT2D eigenvalue weighted by molar-refractivity contribution is 7.18. The van der Waals surface area contributed by atoms with Gasteiger partial charge in [-0.25, -0.2) is 4.98 Å². The Morgan fingerprint density at radius 2 is 2.31 bits per heavy atom. The number of thiazole rings is 1. The summed E-state index contributed by atoms with van der Waals surface area (Å²) in [6.07, 6.45) is 1.17. The minimum Gasteiger partial charge on any atom is -0.350 e. The fourth-order valence-corrected chi connectivity index (χ4v) is 1.77. The van der Waals surface area contributed by atoms with Gasteiger partial charge in [0.1, 0.15) is 12.2 Å². The van der Waals surface area contributed by atoms with E-state index in [1.54, 1.807) is 21.0 Å². The number of hydrogen-bond donors (Lipinski definition) is 1. The van der Waals surface area contributed by atoms with Gasteiger partial charge in [0.25, 0.3) is 0 Å². The van der Waals surface area contributed by atoms with Crippen molar-refractivity contribution in [3.8, 4) is 0 Å². The van der Waals surface area contributed by atoms with Crippen molar-refractivity contribution < 1.29 is 9.72 Å². The first-order valence-corrected chi connectivity index (χ1v) is 5.31. The first-order chi connectivity index (χ1) is 7.41. The van der Waals surface area contributed by atoms with Crippen LogP contribution in [0.2, 0.25) is 0 Å². The van der Waals surface area contributed by atoms with Crippen molar-refractivity contribution in [3.05, 3.63) is 16.3 Å². The minimum absolute atomic E-state index is 0.0491. The van der Waals surface area contributed by atoms with Crippen molar-refractivity contribution in [3.63, 3.8) is 0 Å². The quantitative estimate of drug-likeness (QED) is 0.629. The molecule has 88 valence electrons. The fourth-order valence-electron chi connectivity index (χ4n) is 1.05. The van der Waals surface area contributed by atoms with E-state index in [1.807, 2.05) is 0 Å². The fraction of sp³-hybridized carbons (Fsp3) is 0.500. The van der Waals surface area contributed by atoms with E-state index in [4.69, 9.17) is 0 Å². The predicted octanol–water partition coefficient (Wildman–Crippen LogP) is 0.940. The third kappa shape index (κ3) is 2.89. The standard InChI is InChI=1S/C8H12N4O3S/c1-5(7(13)11(2)3)10-8-9-4-6(16-8)12(14)15/h4-5H,1-3H3,(H,9,10). The summed E-state index contributed by atoms with van der Waals surface area (Å²) in [4.78, 5) is 26.7. The van der Waals surface area contributed by atoms with Crippen LogP contribution in [0, 0.1) is 10.1 Å². The van der Waals surface area contributed by atoms with Crippen molar-refractivity contribution in [1.82, 2.24) is 9.88 Å². The molecule has 1 aromatic rings. The lowest BCUT2D eigenvalue weighted by molar-refractivity contribution is -0.380. The Morgan fingerprint density at radius 1 is 1.69 bits per heavy atom. The molecule has 0 aliphatic rings. The van der Waals surface area contributed by atoms with E-state index in [-0.39, 0.29) is 10.9 Å². The number of aromatic nitrogens is 1. The summed E-state index contributed by atoms with van der Waals surface area (Å²) < 4.78 is 0. The zero-order chi connectivity index (χ0) is 12.3. The number of rotatable bonds is 4. The maximum atomic E-state index is 11.5. The van der Waals surface area contributed by atoms with E-state index in [0.29, 0.717) is 5.13 Å². The average Bonchev–Trinajstić information content (AvgIpc) is 2.64. The Bertz CT molecular complexity index is 404. The van der Waals surface area contributed by atoms with Gasteiger partial charge in [-0.1, -0.05) is 0 Å². The molecule has 1 aromatic heterocycles. The molecule has 1 unspecified atom stereocenters. The van der Waals surface area contributed by atoms with Gasteiger partial charge in [-0.2, -0.15) is 0 Å². The van der Waals surface area contributed by atoms with Gasteiger partial charge in [0, 0.05) is 14.1 Å². The summed E-state index contributed by atoms with van der Waals surface area (Å²) in [5.74, 6) is -0.113. The molecular formula is C8H12N4O3S. The second-order valence-electron chi connectivity index (χ2n) is 3.36. The molecule has 0 bridgehead atoms. The molecule has 0 spiro atoms. The number of carbonyl (C=O) groups excluding carboxylic acids is 1. The van der Waals surface area contributed by atoms with Gasteiger partial charge in [0.15, 0.2) is 5.13 Å². The molecule has 0 aromatic carbocycles. The highest BCUT2D eigenvalue weighted by atomic mass is 32.1. The normalized spacial score (nSPS) is 11.9. The molecule has 8 heteroatoms. The van der Waals surface area contributed by atoms with Crippen LogP contribution in [0.15, 0.2) is 6.20 Å². The average molecular weight is 244 g/mol. The molecule has 0 saturated heterocycles. The molecule has 0 aliphatic heterocycles. The van der Waals surface area contributed by atoms with Crippen LogP contribution in [0.5, 0.6) is 0 Å². The number of nitrogens with zero attached hydrogens (tertiary/aromatic N) is 3. The molecule has 16 heavy (non-hydrogen) atoms. The molecular weight excluding hydrogens is 232 g/mol. The van der Waals surface area contributed by atoms with Crippen LogP contribution in [0.4, 0.5) is 10.1 Å². The van der Waals surface area contributed by atoms with E-state index in [2.05, 4.69) is 10.3 Å². The van der Waals surface area contributed by atoms with Crippen LogP contribution in [0.3, 0.4) is 0 Å². The molecule has 1 rings (SSSR count). The van der Waals surface area contributed by atoms with Crippen molar-refractivity contribution in [2.75, 3.05) is 19.4 Å². The van der Waals surface area contributed by atoms with Gasteiger partial charge in [0.05, 0.1) is 4.92 Å². The first kappa shape index (κ1) is 12.4. The predicted molar refractivity (Wildman–Crippen MR) is 60.5 cm³/mol. The molecule has 0 fully saturated rings. The van der Waals surface area contributed by atoms with E-state index >= 15 is 0 Å². The Morgan fingerprint density at radius 3 is 2.75 bits per heavy atom. The van der Waals surface area contributed by atoms with E-state index < -0.39 is 11.0 Å². The second kappa shape index (κ2) is 4.88. The Labute approximate surface area is 96.2 Å². The maximum Gasteiger partial charge on any atom is 0.345 e. The monoisotopic (exact) mass is 244 g/mol. The van der Waals surface area contributed by atoms with Crippen LogP contribution in [-0.4, -0.2) is 40.9 Å². The van der Waals surface area contributed by atoms with Crippen molar-refractivity contribution >= 4 is 27.4 Å². The van der Waals surface area contributed by atoms with Gasteiger partial charge in [-0.3, -0.25) is 14.9 Å². The number of nitrogens with one attached hydrogen (secondary N) is 1. The summed E-state index contributed by atoms with van der Waals surface area (Å²) >= 11 is 0.906. The molecule has 7 nitrogen and oxygen atoms in total. The number of hydrogen-bond acceptors (Lipinski definition) is 6. The number of carbonyl (C=O) groups is 1. The molecule has 0 radical (unpaired) electrons. The van der Waals surface area contributed by atoms with E-state index in [9.17, 15) is 14.9 Å². The number of anilines is 1. The molecule has 0 saturated carbocycles. The highest BCUT2D eigenvalue weighted by Gasteiger charge is 2.18. The van der Waals surface area contributed by atoms with E-state index in [0.717, 1.165) is 11.3 Å². The largest absolute Gasteiger partial charge is 0.350 e. The van der Waals surface area contributed by atoms with E-state index in [1.165, 1.54) is 11.1 Å². The molecule has 1 atom stereocenters. The third-order valence-electron chi connectivity index (χ3n) is 1.82. The van der Waals surface area contributed by atoms with Gasteiger partial charge < -0.3 is 10.2 Å². The minimum atomic E-state index is -0.513. The number of nitro groups is 1. The first-order valence-electron chi connectivity index (χ1n) is 4.49. The van der Waals surface area contributed by atoms with Gasteiger partial charge in [-0.15, -0.1) is 0 Å². The topological polar surface area (TPSA) is 88.4 Å². The Balaban J connectivity index is 2.66.